The molecule has 0 bridgehead atoms. The minimum absolute atomic E-state index is 0.265. The van der Waals surface area contributed by atoms with E-state index in [2.05, 4.69) is 56.3 Å². The molecular formula is C20H30N2O2. The Bertz CT molecular complexity index is 614. The third-order valence-corrected chi connectivity index (χ3v) is 3.83. The van der Waals surface area contributed by atoms with Crippen LogP contribution in [0.2, 0.25) is 0 Å². The highest BCUT2D eigenvalue weighted by Gasteiger charge is 2.29. The average Bonchev–Trinajstić information content (AvgIpc) is 2.45. The van der Waals surface area contributed by atoms with Crippen LogP contribution in [0.25, 0.3) is 5.70 Å². The van der Waals surface area contributed by atoms with Crippen LogP contribution in [0, 0.1) is 5.92 Å². The molecular weight excluding hydrogens is 300 g/mol. The molecule has 1 aromatic carbocycles. The Balaban J connectivity index is 2.30. The van der Waals surface area contributed by atoms with Crippen LogP contribution in [0.1, 0.15) is 45.2 Å². The van der Waals surface area contributed by atoms with E-state index in [-0.39, 0.29) is 6.09 Å². The number of hydrogen-bond acceptors (Lipinski definition) is 3. The van der Waals surface area contributed by atoms with Gasteiger partial charge in [0.1, 0.15) is 5.60 Å². The molecule has 0 aromatic heterocycles. The van der Waals surface area contributed by atoms with Crippen LogP contribution in [-0.2, 0) is 11.3 Å². The van der Waals surface area contributed by atoms with Gasteiger partial charge in [0.05, 0.1) is 5.70 Å². The van der Waals surface area contributed by atoms with E-state index in [9.17, 15) is 4.79 Å². The number of rotatable bonds is 3. The van der Waals surface area contributed by atoms with E-state index in [4.69, 9.17) is 4.74 Å². The fourth-order valence-electron chi connectivity index (χ4n) is 2.87. The Morgan fingerprint density at radius 1 is 1.33 bits per heavy atom. The largest absolute Gasteiger partial charge is 0.443 e. The summed E-state index contributed by atoms with van der Waals surface area (Å²) in [7, 11) is 4.11. The van der Waals surface area contributed by atoms with Gasteiger partial charge in [-0.05, 0) is 64.4 Å². The molecule has 24 heavy (non-hydrogen) atoms. The van der Waals surface area contributed by atoms with Gasteiger partial charge in [0.2, 0.25) is 0 Å². The zero-order valence-electron chi connectivity index (χ0n) is 15.8. The van der Waals surface area contributed by atoms with E-state index in [0.29, 0.717) is 12.5 Å². The Kier molecular flexibility index (Phi) is 5.70. The number of carbonyl (C=O) groups excluding carboxylic acids is 1. The molecule has 2 rings (SSSR count). The smallest absolute Gasteiger partial charge is 0.414 e. The zero-order valence-corrected chi connectivity index (χ0v) is 15.8. The Labute approximate surface area is 146 Å². The minimum atomic E-state index is -0.490. The summed E-state index contributed by atoms with van der Waals surface area (Å²) in [6.45, 7) is 9.44. The lowest BCUT2D eigenvalue weighted by atomic mass is 9.97. The SMILES string of the molecule is C[C@H]1CC=C(c2cccc(CN(C)C)c2)N(C(=O)OC(C)(C)C)C1. The molecule has 132 valence electrons. The van der Waals surface area contributed by atoms with Gasteiger partial charge in [0.25, 0.3) is 0 Å². The highest BCUT2D eigenvalue weighted by Crippen LogP contribution is 2.29. The highest BCUT2D eigenvalue weighted by molar-refractivity contribution is 5.83. The Morgan fingerprint density at radius 3 is 2.67 bits per heavy atom. The molecule has 1 heterocycles. The van der Waals surface area contributed by atoms with E-state index in [1.54, 1.807) is 4.90 Å². The molecule has 4 heteroatoms. The predicted molar refractivity (Wildman–Crippen MR) is 98.5 cm³/mol. The third-order valence-electron chi connectivity index (χ3n) is 3.83. The van der Waals surface area contributed by atoms with Crippen molar-refractivity contribution in [3.8, 4) is 0 Å². The summed E-state index contributed by atoms with van der Waals surface area (Å²) in [6, 6.07) is 8.41. The first-order valence-corrected chi connectivity index (χ1v) is 8.60. The molecule has 1 aromatic rings. The van der Waals surface area contributed by atoms with Crippen LogP contribution in [0.4, 0.5) is 4.79 Å². The molecule has 0 aliphatic carbocycles. The van der Waals surface area contributed by atoms with E-state index in [1.807, 2.05) is 20.8 Å². The van der Waals surface area contributed by atoms with Crippen molar-refractivity contribution in [1.82, 2.24) is 9.80 Å². The van der Waals surface area contributed by atoms with E-state index in [1.165, 1.54) is 5.56 Å². The molecule has 1 aliphatic heterocycles. The number of allylic oxidation sites excluding steroid dienone is 1. The first-order chi connectivity index (χ1) is 11.2. The second kappa shape index (κ2) is 7.39. The molecule has 0 unspecified atom stereocenters. The molecule has 4 nitrogen and oxygen atoms in total. The Hall–Kier alpha value is -1.81. The van der Waals surface area contributed by atoms with Gasteiger partial charge in [-0.1, -0.05) is 31.2 Å². The standard InChI is InChI=1S/C20H30N2O2/c1-15-10-11-18(22(13-15)19(23)24-20(2,3)4)17-9-7-8-16(12-17)14-21(5)6/h7-9,11-12,15H,10,13-14H2,1-6H3/t15-/m0/s1. The summed E-state index contributed by atoms with van der Waals surface area (Å²) >= 11 is 0. The van der Waals surface area contributed by atoms with Gasteiger partial charge in [0.15, 0.2) is 0 Å². The highest BCUT2D eigenvalue weighted by atomic mass is 16.6. The third kappa shape index (κ3) is 5.10. The molecule has 0 saturated heterocycles. The second-order valence-corrected chi connectivity index (χ2v) is 7.96. The molecule has 0 radical (unpaired) electrons. The van der Waals surface area contributed by atoms with Crippen molar-refractivity contribution in [1.29, 1.82) is 0 Å². The van der Waals surface area contributed by atoms with Gasteiger partial charge in [0, 0.05) is 13.1 Å². The van der Waals surface area contributed by atoms with Gasteiger partial charge in [-0.25, -0.2) is 4.79 Å². The normalized spacial score (nSPS) is 18.5. The fraction of sp³-hybridized carbons (Fsp3) is 0.550. The Morgan fingerprint density at radius 2 is 2.04 bits per heavy atom. The molecule has 1 atom stereocenters. The number of amides is 1. The summed E-state index contributed by atoms with van der Waals surface area (Å²) in [5.74, 6) is 0.436. The lowest BCUT2D eigenvalue weighted by Crippen LogP contribution is -2.39. The fourth-order valence-corrected chi connectivity index (χ4v) is 2.87. The molecule has 0 saturated carbocycles. The first-order valence-electron chi connectivity index (χ1n) is 8.60. The molecule has 1 amide bonds. The number of benzene rings is 1. The first kappa shape index (κ1) is 18.5. The summed E-state index contributed by atoms with van der Waals surface area (Å²) < 4.78 is 5.61. The monoisotopic (exact) mass is 330 g/mol. The maximum absolute atomic E-state index is 12.7. The van der Waals surface area contributed by atoms with Crippen molar-refractivity contribution in [2.45, 2.75) is 46.3 Å². The quantitative estimate of drug-likeness (QED) is 0.825. The topological polar surface area (TPSA) is 32.8 Å². The van der Waals surface area contributed by atoms with Crippen LogP contribution in [-0.4, -0.2) is 42.1 Å². The number of hydrogen-bond donors (Lipinski definition) is 0. The van der Waals surface area contributed by atoms with Crippen LogP contribution >= 0.6 is 0 Å². The van der Waals surface area contributed by atoms with Crippen molar-refractivity contribution >= 4 is 11.8 Å². The number of nitrogens with zero attached hydrogens (tertiary/aromatic N) is 2. The summed E-state index contributed by atoms with van der Waals surface area (Å²) in [4.78, 5) is 16.6. The summed E-state index contributed by atoms with van der Waals surface area (Å²) in [5.41, 5.74) is 2.78. The van der Waals surface area contributed by atoms with Gasteiger partial charge in [-0.2, -0.15) is 0 Å². The van der Waals surface area contributed by atoms with Crippen molar-refractivity contribution in [2.24, 2.45) is 5.92 Å². The van der Waals surface area contributed by atoms with Gasteiger partial charge >= 0.3 is 6.09 Å². The predicted octanol–water partition coefficient (Wildman–Crippen LogP) is 4.37. The van der Waals surface area contributed by atoms with Gasteiger partial charge < -0.3 is 9.64 Å². The minimum Gasteiger partial charge on any atom is -0.443 e. The molecule has 0 N–H and O–H groups in total. The maximum atomic E-state index is 12.7. The van der Waals surface area contributed by atoms with Crippen LogP contribution in [0.5, 0.6) is 0 Å². The number of carbonyl (C=O) groups is 1. The average molecular weight is 330 g/mol. The summed E-state index contributed by atoms with van der Waals surface area (Å²) in [6.07, 6.45) is 2.87. The van der Waals surface area contributed by atoms with Crippen molar-refractivity contribution in [3.05, 3.63) is 41.5 Å². The maximum Gasteiger partial charge on any atom is 0.414 e. The second-order valence-electron chi connectivity index (χ2n) is 7.96. The zero-order chi connectivity index (χ0) is 17.9. The van der Waals surface area contributed by atoms with Gasteiger partial charge in [-0.3, -0.25) is 4.90 Å². The van der Waals surface area contributed by atoms with Gasteiger partial charge in [-0.15, -0.1) is 0 Å². The van der Waals surface area contributed by atoms with E-state index in [0.717, 1.165) is 24.2 Å². The van der Waals surface area contributed by atoms with Crippen molar-refractivity contribution in [2.75, 3.05) is 20.6 Å². The van der Waals surface area contributed by atoms with Crippen LogP contribution in [0.3, 0.4) is 0 Å². The summed E-state index contributed by atoms with van der Waals surface area (Å²) in [5, 5.41) is 0. The van der Waals surface area contributed by atoms with Crippen LogP contribution < -0.4 is 0 Å². The lowest BCUT2D eigenvalue weighted by Gasteiger charge is -2.34. The van der Waals surface area contributed by atoms with Crippen molar-refractivity contribution < 1.29 is 9.53 Å². The molecule has 0 spiro atoms. The molecule has 0 fully saturated rings. The van der Waals surface area contributed by atoms with Crippen LogP contribution in [0.15, 0.2) is 30.3 Å². The lowest BCUT2D eigenvalue weighted by molar-refractivity contribution is 0.0327. The van der Waals surface area contributed by atoms with E-state index < -0.39 is 5.60 Å². The molecule has 1 aliphatic rings. The van der Waals surface area contributed by atoms with E-state index >= 15 is 0 Å². The van der Waals surface area contributed by atoms with Crippen molar-refractivity contribution in [3.63, 3.8) is 0 Å². The number of ether oxygens (including phenoxy) is 1.